The standard InChI is InChI=1S/C60H44O2/c61-59(51-35-30-43(31-36-51)40-53(46-20-8-2-9-21-46)47-22-10-3-11-23-47)55-28-16-17-29-56(55)60(62,58-42-50(34-39-57(58)59)45-18-6-1-7-19-45)52-37-32-44(33-38-52)41-54(48-24-12-4-13-25-48)49-26-14-5-15-27-49/h1-42,61-62H. The third-order valence-corrected chi connectivity index (χ3v) is 12.2. The number of hydrogen-bond donors (Lipinski definition) is 2. The summed E-state index contributed by atoms with van der Waals surface area (Å²) in [7, 11) is 0. The van der Waals surface area contributed by atoms with E-state index in [2.05, 4.69) is 158 Å². The van der Waals surface area contributed by atoms with Crippen LogP contribution in [0.25, 0.3) is 34.4 Å². The molecule has 0 aromatic heterocycles. The molecule has 296 valence electrons. The highest BCUT2D eigenvalue weighted by atomic mass is 16.3. The van der Waals surface area contributed by atoms with Gasteiger partial charge in [-0.2, -0.15) is 0 Å². The van der Waals surface area contributed by atoms with Gasteiger partial charge < -0.3 is 10.2 Å². The Bertz CT molecular complexity index is 2950. The minimum atomic E-state index is -1.59. The molecule has 0 fully saturated rings. The maximum absolute atomic E-state index is 13.6. The highest BCUT2D eigenvalue weighted by Gasteiger charge is 2.51. The summed E-state index contributed by atoms with van der Waals surface area (Å²) in [5, 5.41) is 27.0. The van der Waals surface area contributed by atoms with Crippen LogP contribution in [0.4, 0.5) is 0 Å². The van der Waals surface area contributed by atoms with Gasteiger partial charge in [-0.05, 0) is 107 Å². The van der Waals surface area contributed by atoms with E-state index in [0.29, 0.717) is 33.4 Å². The van der Waals surface area contributed by atoms with Crippen molar-refractivity contribution in [3.63, 3.8) is 0 Å². The first-order valence-corrected chi connectivity index (χ1v) is 21.1. The second kappa shape index (κ2) is 16.4. The molecule has 2 atom stereocenters. The van der Waals surface area contributed by atoms with Crippen molar-refractivity contribution in [2.45, 2.75) is 11.2 Å². The molecule has 0 saturated heterocycles. The van der Waals surface area contributed by atoms with Crippen molar-refractivity contribution in [3.8, 4) is 11.1 Å². The lowest BCUT2D eigenvalue weighted by atomic mass is 9.63. The van der Waals surface area contributed by atoms with Gasteiger partial charge in [-0.15, -0.1) is 0 Å². The van der Waals surface area contributed by atoms with E-state index < -0.39 is 11.2 Å². The van der Waals surface area contributed by atoms with E-state index in [4.69, 9.17) is 0 Å². The van der Waals surface area contributed by atoms with Crippen LogP contribution < -0.4 is 0 Å². The van der Waals surface area contributed by atoms with Gasteiger partial charge in [0.15, 0.2) is 0 Å². The van der Waals surface area contributed by atoms with Crippen molar-refractivity contribution in [2.24, 2.45) is 0 Å². The SMILES string of the molecule is OC1(c2ccc(C=C(c3ccccc3)c3ccccc3)cc2)c2ccccc2C(O)(c2ccc(C=C(c3ccccc3)c3ccccc3)cc2)c2cc(-c3ccccc3)ccc21. The fourth-order valence-electron chi connectivity index (χ4n) is 9.11. The quantitative estimate of drug-likeness (QED) is 0.143. The number of benzene rings is 9. The molecule has 1 aliphatic rings. The molecule has 10 rings (SSSR count). The van der Waals surface area contributed by atoms with Crippen molar-refractivity contribution >= 4 is 23.3 Å². The molecule has 9 aromatic carbocycles. The second-order valence-electron chi connectivity index (χ2n) is 15.9. The highest BCUT2D eigenvalue weighted by molar-refractivity contribution is 5.92. The van der Waals surface area contributed by atoms with Crippen LogP contribution in [0.15, 0.2) is 243 Å². The molecule has 1 aliphatic carbocycles. The predicted molar refractivity (Wildman–Crippen MR) is 255 cm³/mol. The Hall–Kier alpha value is -7.62. The van der Waals surface area contributed by atoms with Gasteiger partial charge in [-0.1, -0.05) is 237 Å². The Balaban J connectivity index is 1.11. The molecule has 0 heterocycles. The molecule has 0 aliphatic heterocycles. The van der Waals surface area contributed by atoms with E-state index in [9.17, 15) is 10.2 Å². The molecule has 0 saturated carbocycles. The van der Waals surface area contributed by atoms with E-state index in [1.807, 2.05) is 97.1 Å². The Kier molecular flexibility index (Phi) is 10.2. The predicted octanol–water partition coefficient (Wildman–Crippen LogP) is 13.4. The molecule has 2 unspecified atom stereocenters. The van der Waals surface area contributed by atoms with Crippen molar-refractivity contribution in [3.05, 3.63) is 309 Å². The topological polar surface area (TPSA) is 40.5 Å². The van der Waals surface area contributed by atoms with Gasteiger partial charge in [-0.25, -0.2) is 0 Å². The third-order valence-electron chi connectivity index (χ3n) is 12.2. The zero-order valence-electron chi connectivity index (χ0n) is 34.1. The molecule has 0 bridgehead atoms. The number of hydrogen-bond acceptors (Lipinski definition) is 2. The summed E-state index contributed by atoms with van der Waals surface area (Å²) in [6.45, 7) is 0. The van der Waals surface area contributed by atoms with E-state index in [1.165, 1.54) is 0 Å². The molecule has 2 N–H and O–H groups in total. The lowest BCUT2D eigenvalue weighted by Crippen LogP contribution is -2.44. The van der Waals surface area contributed by atoms with Crippen molar-refractivity contribution in [1.82, 2.24) is 0 Å². The normalized spacial score (nSPS) is 16.4. The van der Waals surface area contributed by atoms with Crippen LogP contribution in [0.5, 0.6) is 0 Å². The summed E-state index contributed by atoms with van der Waals surface area (Å²) < 4.78 is 0. The highest BCUT2D eigenvalue weighted by Crippen LogP contribution is 2.54. The van der Waals surface area contributed by atoms with Gasteiger partial charge in [0.05, 0.1) is 0 Å². The van der Waals surface area contributed by atoms with Crippen LogP contribution in [0, 0.1) is 0 Å². The molecule has 0 radical (unpaired) electrons. The summed E-state index contributed by atoms with van der Waals surface area (Å²) in [6, 6.07) is 82.2. The smallest absolute Gasteiger partial charge is 0.141 e. The fraction of sp³-hybridized carbons (Fsp3) is 0.0333. The number of fused-ring (bicyclic) bond motifs is 2. The summed E-state index contributed by atoms with van der Waals surface area (Å²) in [6.07, 6.45) is 4.41. The Labute approximate surface area is 363 Å². The van der Waals surface area contributed by atoms with Gasteiger partial charge in [-0.3, -0.25) is 0 Å². The summed E-state index contributed by atoms with van der Waals surface area (Å²) >= 11 is 0. The zero-order chi connectivity index (χ0) is 41.9. The molecular weight excluding hydrogens is 753 g/mol. The van der Waals surface area contributed by atoms with Crippen LogP contribution in [-0.2, 0) is 11.2 Å². The minimum absolute atomic E-state index is 0.635. The Morgan fingerprint density at radius 1 is 0.290 bits per heavy atom. The molecule has 0 spiro atoms. The average molecular weight is 797 g/mol. The molecule has 2 heteroatoms. The third kappa shape index (κ3) is 7.02. The van der Waals surface area contributed by atoms with Gasteiger partial charge in [0.2, 0.25) is 0 Å². The van der Waals surface area contributed by atoms with Crippen LogP contribution in [-0.4, -0.2) is 10.2 Å². The van der Waals surface area contributed by atoms with E-state index in [-0.39, 0.29) is 0 Å². The van der Waals surface area contributed by atoms with Crippen molar-refractivity contribution < 1.29 is 10.2 Å². The number of rotatable bonds is 9. The van der Waals surface area contributed by atoms with Crippen LogP contribution >= 0.6 is 0 Å². The second-order valence-corrected chi connectivity index (χ2v) is 15.9. The largest absolute Gasteiger partial charge is 0.376 e. The van der Waals surface area contributed by atoms with E-state index in [1.54, 1.807) is 0 Å². The fourth-order valence-corrected chi connectivity index (χ4v) is 9.11. The van der Waals surface area contributed by atoms with E-state index in [0.717, 1.165) is 55.7 Å². The monoisotopic (exact) mass is 796 g/mol. The van der Waals surface area contributed by atoms with Crippen molar-refractivity contribution in [2.75, 3.05) is 0 Å². The molecule has 2 nitrogen and oxygen atoms in total. The maximum Gasteiger partial charge on any atom is 0.141 e. The molecule has 62 heavy (non-hydrogen) atoms. The molecule has 9 aromatic rings. The van der Waals surface area contributed by atoms with Crippen LogP contribution in [0.3, 0.4) is 0 Å². The van der Waals surface area contributed by atoms with Gasteiger partial charge in [0.1, 0.15) is 11.2 Å². The first-order chi connectivity index (χ1) is 30.5. The lowest BCUT2D eigenvalue weighted by Gasteiger charge is -2.45. The van der Waals surface area contributed by atoms with Crippen molar-refractivity contribution in [1.29, 1.82) is 0 Å². The summed E-state index contributed by atoms with van der Waals surface area (Å²) in [5.41, 5.74) is 11.6. The average Bonchev–Trinajstić information content (AvgIpc) is 3.35. The van der Waals surface area contributed by atoms with Gasteiger partial charge in [0, 0.05) is 0 Å². The Morgan fingerprint density at radius 3 is 1.00 bits per heavy atom. The molecular formula is C60H44O2. The number of aliphatic hydroxyl groups is 2. The van der Waals surface area contributed by atoms with Gasteiger partial charge in [0.25, 0.3) is 0 Å². The maximum atomic E-state index is 13.6. The first-order valence-electron chi connectivity index (χ1n) is 21.1. The first kappa shape index (κ1) is 38.6. The van der Waals surface area contributed by atoms with Gasteiger partial charge >= 0.3 is 0 Å². The Morgan fingerprint density at radius 2 is 0.613 bits per heavy atom. The summed E-state index contributed by atoms with van der Waals surface area (Å²) in [5.74, 6) is 0. The molecule has 0 amide bonds. The van der Waals surface area contributed by atoms with E-state index >= 15 is 0 Å². The lowest BCUT2D eigenvalue weighted by molar-refractivity contribution is 0.0748. The summed E-state index contributed by atoms with van der Waals surface area (Å²) in [4.78, 5) is 0. The zero-order valence-corrected chi connectivity index (χ0v) is 34.1. The minimum Gasteiger partial charge on any atom is -0.376 e. The van der Waals surface area contributed by atoms with Crippen LogP contribution in [0.2, 0.25) is 0 Å². The van der Waals surface area contributed by atoms with Crippen LogP contribution in [0.1, 0.15) is 66.8 Å².